The van der Waals surface area contributed by atoms with Crippen LogP contribution in [0.15, 0.2) is 29.7 Å². The largest absolute Gasteiger partial charge is 0.492 e. The molecule has 0 unspecified atom stereocenters. The fourth-order valence-corrected chi connectivity index (χ4v) is 2.92. The number of benzene rings is 1. The van der Waals surface area contributed by atoms with Gasteiger partial charge in [0.15, 0.2) is 0 Å². The molecule has 1 heterocycles. The summed E-state index contributed by atoms with van der Waals surface area (Å²) in [6.45, 7) is 13.5. The maximum Gasteiger partial charge on any atom is 0.492 e. The van der Waals surface area contributed by atoms with Gasteiger partial charge in [-0.15, -0.1) is 0 Å². The maximum atomic E-state index is 12.3. The van der Waals surface area contributed by atoms with Crippen LogP contribution in [-0.2, 0) is 14.0 Å². The molecule has 31 heavy (non-hydrogen) atoms. The topological polar surface area (TPSA) is 77.1 Å². The number of carbonyl (C=O) groups is 2. The Morgan fingerprint density at radius 3 is 2.23 bits per heavy atom. The van der Waals surface area contributed by atoms with Gasteiger partial charge in [0, 0.05) is 26.2 Å². The third-order valence-corrected chi connectivity index (χ3v) is 5.28. The summed E-state index contributed by atoms with van der Waals surface area (Å²) in [5.41, 5.74) is 0.463. The van der Waals surface area contributed by atoms with Crippen LogP contribution in [0.25, 0.3) is 6.08 Å². The van der Waals surface area contributed by atoms with Gasteiger partial charge >= 0.3 is 13.2 Å². The van der Waals surface area contributed by atoms with Gasteiger partial charge in [-0.3, -0.25) is 4.79 Å². The number of hydrogen-bond donors (Lipinski definition) is 1. The number of carbonyl (C=O) groups excluding carboxylic acids is 2. The normalized spacial score (nSPS) is 18.0. The molecule has 0 aliphatic carbocycles. The van der Waals surface area contributed by atoms with E-state index in [9.17, 15) is 9.59 Å². The molecule has 0 atom stereocenters. The van der Waals surface area contributed by atoms with Gasteiger partial charge in [0.25, 0.3) is 5.91 Å². The molecular weight excluding hydrogens is 395 g/mol. The summed E-state index contributed by atoms with van der Waals surface area (Å²) in [7, 11) is 2.78. The number of hydrogen-bond acceptors (Lipinski definition) is 5. The molecule has 7 nitrogen and oxygen atoms in total. The summed E-state index contributed by atoms with van der Waals surface area (Å²) < 4.78 is 17.7. The van der Waals surface area contributed by atoms with Crippen LogP contribution < -0.4 is 5.32 Å². The Morgan fingerprint density at radius 1 is 1.13 bits per heavy atom. The van der Waals surface area contributed by atoms with Crippen molar-refractivity contribution < 1.29 is 23.6 Å². The maximum absolute atomic E-state index is 12.3. The molecule has 1 aromatic rings. The first-order valence-corrected chi connectivity index (χ1v) is 10.5. The molecule has 0 spiro atoms. The number of nitrogens with one attached hydrogen (secondary N) is 1. The highest BCUT2D eigenvalue weighted by molar-refractivity contribution is 6.56. The average Bonchev–Trinajstić information content (AvgIpc) is 2.84. The van der Waals surface area contributed by atoms with E-state index >= 15 is 0 Å². The van der Waals surface area contributed by atoms with Crippen molar-refractivity contribution in [3.05, 3.63) is 40.9 Å². The third-order valence-electron chi connectivity index (χ3n) is 5.28. The SMILES string of the molecule is CN(C)C(=O)c1cccc(C=C(CNC(=O)OC(C)(C)C)B2OC(C)(C)C(C)(C)O2)c1. The van der Waals surface area contributed by atoms with E-state index < -0.39 is 30.0 Å². The number of nitrogens with zero attached hydrogens (tertiary/aromatic N) is 1. The monoisotopic (exact) mass is 430 g/mol. The average molecular weight is 430 g/mol. The van der Waals surface area contributed by atoms with Crippen LogP contribution in [0.3, 0.4) is 0 Å². The minimum atomic E-state index is -0.645. The van der Waals surface area contributed by atoms with Gasteiger partial charge in [0.2, 0.25) is 0 Å². The molecule has 1 N–H and O–H groups in total. The smallest absolute Gasteiger partial charge is 0.444 e. The molecular formula is C23H35BN2O5. The Kier molecular flexibility index (Phi) is 7.28. The first-order chi connectivity index (χ1) is 14.1. The van der Waals surface area contributed by atoms with E-state index in [0.29, 0.717) is 5.56 Å². The van der Waals surface area contributed by atoms with Crippen molar-refractivity contribution in [3.63, 3.8) is 0 Å². The van der Waals surface area contributed by atoms with Crippen LogP contribution in [-0.4, -0.2) is 61.5 Å². The highest BCUT2D eigenvalue weighted by Gasteiger charge is 2.52. The van der Waals surface area contributed by atoms with Crippen molar-refractivity contribution in [3.8, 4) is 0 Å². The van der Waals surface area contributed by atoms with E-state index in [4.69, 9.17) is 14.0 Å². The molecule has 1 aromatic carbocycles. The van der Waals surface area contributed by atoms with Gasteiger partial charge < -0.3 is 24.3 Å². The third kappa shape index (κ3) is 6.58. The molecule has 2 rings (SSSR count). The van der Waals surface area contributed by atoms with Crippen molar-refractivity contribution in [2.24, 2.45) is 0 Å². The highest BCUT2D eigenvalue weighted by atomic mass is 16.7. The zero-order valence-corrected chi connectivity index (χ0v) is 20.2. The molecule has 170 valence electrons. The van der Waals surface area contributed by atoms with Crippen molar-refractivity contribution in [1.82, 2.24) is 10.2 Å². The van der Waals surface area contributed by atoms with Gasteiger partial charge in [-0.25, -0.2) is 4.79 Å². The Bertz CT molecular complexity index is 840. The van der Waals surface area contributed by atoms with Crippen LogP contribution in [0, 0.1) is 0 Å². The molecule has 0 aromatic heterocycles. The van der Waals surface area contributed by atoms with E-state index in [1.54, 1.807) is 26.2 Å². The summed E-state index contributed by atoms with van der Waals surface area (Å²) in [5.74, 6) is -0.0840. The highest BCUT2D eigenvalue weighted by Crippen LogP contribution is 2.38. The lowest BCUT2D eigenvalue weighted by Crippen LogP contribution is -2.41. The second kappa shape index (κ2) is 9.05. The zero-order chi connectivity index (χ0) is 23.6. The van der Waals surface area contributed by atoms with Gasteiger partial charge in [-0.1, -0.05) is 18.2 Å². The number of alkyl carbamates (subject to hydrolysis) is 1. The summed E-state index contributed by atoms with van der Waals surface area (Å²) in [4.78, 5) is 26.1. The van der Waals surface area contributed by atoms with Crippen molar-refractivity contribution in [2.45, 2.75) is 65.3 Å². The summed E-state index contributed by atoms with van der Waals surface area (Å²) in [6, 6.07) is 7.30. The van der Waals surface area contributed by atoms with Gasteiger partial charge in [0.05, 0.1) is 11.2 Å². The summed E-state index contributed by atoms with van der Waals surface area (Å²) in [5, 5.41) is 2.78. The van der Waals surface area contributed by atoms with Crippen LogP contribution in [0.4, 0.5) is 4.79 Å². The molecule has 0 bridgehead atoms. The molecule has 2 amide bonds. The van der Waals surface area contributed by atoms with E-state index in [1.807, 2.05) is 66.7 Å². The molecule has 1 saturated heterocycles. The fraction of sp³-hybridized carbons (Fsp3) is 0.565. The van der Waals surface area contributed by atoms with Crippen molar-refractivity contribution in [1.29, 1.82) is 0 Å². The van der Waals surface area contributed by atoms with E-state index in [2.05, 4.69) is 5.32 Å². The summed E-state index contributed by atoms with van der Waals surface area (Å²) in [6.07, 6.45) is 1.36. The number of rotatable bonds is 5. The standard InChI is InChI=1S/C23H35BN2O5/c1-21(2,3)29-20(28)25-15-18(24-30-22(4,5)23(6,7)31-24)14-16-11-10-12-17(13-16)19(27)26(8)9/h10-14H,15H2,1-9H3,(H,25,28). The Hall–Kier alpha value is -2.32. The molecule has 1 fully saturated rings. The first-order valence-electron chi connectivity index (χ1n) is 10.5. The zero-order valence-electron chi connectivity index (χ0n) is 20.2. The van der Waals surface area contributed by atoms with Crippen molar-refractivity contribution >= 4 is 25.2 Å². The first kappa shape index (κ1) is 24.9. The molecule has 0 radical (unpaired) electrons. The summed E-state index contributed by atoms with van der Waals surface area (Å²) >= 11 is 0. The van der Waals surface area contributed by atoms with Crippen molar-refractivity contribution in [2.75, 3.05) is 20.6 Å². The van der Waals surface area contributed by atoms with E-state index in [1.165, 1.54) is 4.90 Å². The van der Waals surface area contributed by atoms with Gasteiger partial charge in [-0.2, -0.15) is 0 Å². The molecule has 1 aliphatic heterocycles. The molecule has 0 saturated carbocycles. The number of ether oxygens (including phenoxy) is 1. The second-order valence-corrected chi connectivity index (χ2v) is 9.99. The quantitative estimate of drug-likeness (QED) is 0.717. The second-order valence-electron chi connectivity index (χ2n) is 9.99. The van der Waals surface area contributed by atoms with Crippen LogP contribution in [0.1, 0.15) is 64.4 Å². The molecule has 1 aliphatic rings. The van der Waals surface area contributed by atoms with Gasteiger partial charge in [-0.05, 0) is 71.6 Å². The minimum Gasteiger partial charge on any atom is -0.444 e. The van der Waals surface area contributed by atoms with Gasteiger partial charge in [0.1, 0.15) is 5.60 Å². The molecule has 8 heteroatoms. The lowest BCUT2D eigenvalue weighted by Gasteiger charge is -2.32. The van der Waals surface area contributed by atoms with E-state index in [0.717, 1.165) is 11.0 Å². The van der Waals surface area contributed by atoms with Crippen LogP contribution in [0.5, 0.6) is 0 Å². The minimum absolute atomic E-state index is 0.0840. The fourth-order valence-electron chi connectivity index (χ4n) is 2.92. The Morgan fingerprint density at radius 2 is 1.71 bits per heavy atom. The van der Waals surface area contributed by atoms with Crippen LogP contribution >= 0.6 is 0 Å². The van der Waals surface area contributed by atoms with E-state index in [-0.39, 0.29) is 12.5 Å². The lowest BCUT2D eigenvalue weighted by molar-refractivity contribution is 0.00578. The predicted molar refractivity (Wildman–Crippen MR) is 123 cm³/mol. The lowest BCUT2D eigenvalue weighted by atomic mass is 9.77. The Balaban J connectivity index is 2.33. The Labute approximate surface area is 186 Å². The number of amides is 2. The predicted octanol–water partition coefficient (Wildman–Crippen LogP) is 3.93. The van der Waals surface area contributed by atoms with Crippen LogP contribution in [0.2, 0.25) is 0 Å².